The zero-order valence-corrected chi connectivity index (χ0v) is 15.0. The van der Waals surface area contributed by atoms with Crippen LogP contribution >= 0.6 is 23.2 Å². The molecule has 3 aromatic rings. The summed E-state index contributed by atoms with van der Waals surface area (Å²) in [5.74, 6) is -0.662. The number of aromatic nitrogens is 1. The highest BCUT2D eigenvalue weighted by Gasteiger charge is 2.11. The third kappa shape index (κ3) is 4.50. The summed E-state index contributed by atoms with van der Waals surface area (Å²) in [6, 6.07) is 14.5. The standard InChI is InChI=1S/C19H14Cl2FN3O/c20-15-2-1-3-16(18(15)21)25-19(26)17-9-8-14(11-24-17)23-10-12-4-6-13(22)7-5-12/h1-9,11,23H,10H2,(H,25,26). The summed E-state index contributed by atoms with van der Waals surface area (Å²) in [7, 11) is 0. The third-order valence-electron chi connectivity index (χ3n) is 3.61. The third-order valence-corrected chi connectivity index (χ3v) is 4.42. The molecule has 3 rings (SSSR count). The topological polar surface area (TPSA) is 54.0 Å². The van der Waals surface area contributed by atoms with Gasteiger partial charge in [0.1, 0.15) is 11.5 Å². The highest BCUT2D eigenvalue weighted by molar-refractivity contribution is 6.44. The van der Waals surface area contributed by atoms with Crippen LogP contribution in [0.15, 0.2) is 60.8 Å². The van der Waals surface area contributed by atoms with Crippen molar-refractivity contribution < 1.29 is 9.18 Å². The molecule has 0 aliphatic rings. The van der Waals surface area contributed by atoms with Gasteiger partial charge in [0.05, 0.1) is 27.6 Å². The Morgan fingerprint density at radius 2 is 1.81 bits per heavy atom. The molecule has 0 atom stereocenters. The Hall–Kier alpha value is -2.63. The average molecular weight is 390 g/mol. The van der Waals surface area contributed by atoms with E-state index in [0.717, 1.165) is 11.3 Å². The molecule has 7 heteroatoms. The van der Waals surface area contributed by atoms with E-state index in [1.165, 1.54) is 12.1 Å². The maximum atomic E-state index is 12.9. The Morgan fingerprint density at radius 3 is 2.50 bits per heavy atom. The van der Waals surface area contributed by atoms with Gasteiger partial charge in [-0.2, -0.15) is 0 Å². The number of hydrogen-bond donors (Lipinski definition) is 2. The van der Waals surface area contributed by atoms with Gasteiger partial charge in [0.15, 0.2) is 0 Å². The summed E-state index contributed by atoms with van der Waals surface area (Å²) in [6.45, 7) is 0.519. The van der Waals surface area contributed by atoms with E-state index in [9.17, 15) is 9.18 Å². The first-order valence-electron chi connectivity index (χ1n) is 7.72. The molecule has 2 aromatic carbocycles. The normalized spacial score (nSPS) is 10.4. The van der Waals surface area contributed by atoms with Crippen LogP contribution in [0.2, 0.25) is 10.0 Å². The van der Waals surface area contributed by atoms with Crippen LogP contribution in [0.5, 0.6) is 0 Å². The van der Waals surface area contributed by atoms with Crippen molar-refractivity contribution in [2.75, 3.05) is 10.6 Å². The largest absolute Gasteiger partial charge is 0.380 e. The summed E-state index contributed by atoms with van der Waals surface area (Å²) in [6.07, 6.45) is 1.55. The summed E-state index contributed by atoms with van der Waals surface area (Å²) in [4.78, 5) is 16.4. The molecule has 0 fully saturated rings. The van der Waals surface area contributed by atoms with E-state index in [1.807, 2.05) is 0 Å². The maximum Gasteiger partial charge on any atom is 0.274 e. The second-order valence-corrected chi connectivity index (χ2v) is 6.25. The Morgan fingerprint density at radius 1 is 1.04 bits per heavy atom. The molecule has 0 spiro atoms. The van der Waals surface area contributed by atoms with Crippen LogP contribution in [0.25, 0.3) is 0 Å². The Balaban J connectivity index is 1.62. The van der Waals surface area contributed by atoms with E-state index in [1.54, 1.807) is 48.7 Å². The highest BCUT2D eigenvalue weighted by Crippen LogP contribution is 2.29. The molecule has 4 nitrogen and oxygen atoms in total. The van der Waals surface area contributed by atoms with E-state index < -0.39 is 0 Å². The molecule has 0 unspecified atom stereocenters. The van der Waals surface area contributed by atoms with Gasteiger partial charge in [0, 0.05) is 6.54 Å². The number of rotatable bonds is 5. The summed E-state index contributed by atoms with van der Waals surface area (Å²) < 4.78 is 12.9. The summed E-state index contributed by atoms with van der Waals surface area (Å²) in [5, 5.41) is 6.47. The number of nitrogens with zero attached hydrogens (tertiary/aromatic N) is 1. The van der Waals surface area contributed by atoms with Crippen molar-refractivity contribution in [2.45, 2.75) is 6.54 Å². The highest BCUT2D eigenvalue weighted by atomic mass is 35.5. The predicted octanol–water partition coefficient (Wildman–Crippen LogP) is 5.39. The van der Waals surface area contributed by atoms with Gasteiger partial charge in [-0.1, -0.05) is 41.4 Å². The van der Waals surface area contributed by atoms with Crippen LogP contribution in [0, 0.1) is 5.82 Å². The lowest BCUT2D eigenvalue weighted by Crippen LogP contribution is -2.14. The lowest BCUT2D eigenvalue weighted by atomic mass is 10.2. The molecule has 0 saturated heterocycles. The minimum atomic E-state index is -0.390. The molecule has 0 radical (unpaired) electrons. The second kappa shape index (κ2) is 8.17. The number of carbonyl (C=O) groups excluding carboxylic acids is 1. The van der Waals surface area contributed by atoms with E-state index in [2.05, 4.69) is 15.6 Å². The van der Waals surface area contributed by atoms with Crippen LogP contribution in [0.3, 0.4) is 0 Å². The smallest absolute Gasteiger partial charge is 0.274 e. The molecule has 26 heavy (non-hydrogen) atoms. The van der Waals surface area contributed by atoms with Gasteiger partial charge in [-0.3, -0.25) is 4.79 Å². The summed E-state index contributed by atoms with van der Waals surface area (Å²) >= 11 is 12.0. The molecule has 0 aliphatic heterocycles. The van der Waals surface area contributed by atoms with Gasteiger partial charge in [-0.05, 0) is 42.0 Å². The Labute approximate surface area is 160 Å². The zero-order chi connectivity index (χ0) is 18.5. The molecular weight excluding hydrogens is 376 g/mol. The van der Waals surface area contributed by atoms with Crippen molar-refractivity contribution in [3.05, 3.63) is 87.9 Å². The number of benzene rings is 2. The van der Waals surface area contributed by atoms with Crippen molar-refractivity contribution in [3.8, 4) is 0 Å². The Bertz CT molecular complexity index is 915. The maximum absolute atomic E-state index is 12.9. The number of pyridine rings is 1. The van der Waals surface area contributed by atoms with Crippen molar-refractivity contribution in [1.82, 2.24) is 4.98 Å². The quantitative estimate of drug-likeness (QED) is 0.614. The van der Waals surface area contributed by atoms with E-state index in [-0.39, 0.29) is 22.4 Å². The number of halogens is 3. The lowest BCUT2D eigenvalue weighted by Gasteiger charge is -2.09. The zero-order valence-electron chi connectivity index (χ0n) is 13.5. The molecule has 0 aliphatic carbocycles. The fourth-order valence-electron chi connectivity index (χ4n) is 2.23. The monoisotopic (exact) mass is 389 g/mol. The van der Waals surface area contributed by atoms with E-state index in [4.69, 9.17) is 23.2 Å². The summed E-state index contributed by atoms with van der Waals surface area (Å²) in [5.41, 5.74) is 2.34. The van der Waals surface area contributed by atoms with Gasteiger partial charge < -0.3 is 10.6 Å². The first kappa shape index (κ1) is 18.2. The predicted molar refractivity (Wildman–Crippen MR) is 102 cm³/mol. The first-order valence-corrected chi connectivity index (χ1v) is 8.48. The molecule has 1 heterocycles. The molecule has 1 amide bonds. The van der Waals surface area contributed by atoms with Gasteiger partial charge in [0.2, 0.25) is 0 Å². The Kier molecular flexibility index (Phi) is 5.71. The van der Waals surface area contributed by atoms with Crippen molar-refractivity contribution in [1.29, 1.82) is 0 Å². The molecular formula is C19H14Cl2FN3O. The van der Waals surface area contributed by atoms with Crippen molar-refractivity contribution in [2.24, 2.45) is 0 Å². The lowest BCUT2D eigenvalue weighted by molar-refractivity contribution is 0.102. The minimum Gasteiger partial charge on any atom is -0.380 e. The van der Waals surface area contributed by atoms with Crippen molar-refractivity contribution >= 4 is 40.5 Å². The average Bonchev–Trinajstić information content (AvgIpc) is 2.65. The van der Waals surface area contributed by atoms with Gasteiger partial charge in [-0.25, -0.2) is 9.37 Å². The van der Waals surface area contributed by atoms with Crippen LogP contribution in [-0.2, 0) is 6.54 Å². The van der Waals surface area contributed by atoms with Crippen molar-refractivity contribution in [3.63, 3.8) is 0 Å². The minimum absolute atomic E-state index is 0.244. The SMILES string of the molecule is O=C(Nc1cccc(Cl)c1Cl)c1ccc(NCc2ccc(F)cc2)cn1. The molecule has 132 valence electrons. The molecule has 1 aromatic heterocycles. The fraction of sp³-hybridized carbons (Fsp3) is 0.0526. The van der Waals surface area contributed by atoms with Crippen LogP contribution in [0.4, 0.5) is 15.8 Å². The number of carbonyl (C=O) groups is 1. The van der Waals surface area contributed by atoms with Gasteiger partial charge in [0.25, 0.3) is 5.91 Å². The molecule has 2 N–H and O–H groups in total. The van der Waals surface area contributed by atoms with Crippen LogP contribution in [-0.4, -0.2) is 10.9 Å². The second-order valence-electron chi connectivity index (χ2n) is 5.47. The van der Waals surface area contributed by atoms with E-state index in [0.29, 0.717) is 17.3 Å². The van der Waals surface area contributed by atoms with Crippen LogP contribution in [0.1, 0.15) is 16.1 Å². The van der Waals surface area contributed by atoms with E-state index >= 15 is 0 Å². The number of amides is 1. The number of nitrogens with one attached hydrogen (secondary N) is 2. The fourth-order valence-corrected chi connectivity index (χ4v) is 2.57. The van der Waals surface area contributed by atoms with Gasteiger partial charge in [-0.15, -0.1) is 0 Å². The number of hydrogen-bond acceptors (Lipinski definition) is 3. The number of anilines is 2. The first-order chi connectivity index (χ1) is 12.5. The van der Waals surface area contributed by atoms with Gasteiger partial charge >= 0.3 is 0 Å². The van der Waals surface area contributed by atoms with Crippen LogP contribution < -0.4 is 10.6 Å². The molecule has 0 bridgehead atoms. The molecule has 0 saturated carbocycles.